The van der Waals surface area contributed by atoms with E-state index in [2.05, 4.69) is 10.2 Å². The number of morpholine rings is 1. The lowest BCUT2D eigenvalue weighted by molar-refractivity contribution is -0.114. The van der Waals surface area contributed by atoms with Gasteiger partial charge in [-0.05, 0) is 23.8 Å². The van der Waals surface area contributed by atoms with Gasteiger partial charge >= 0.3 is 0 Å². The Hall–Kier alpha value is -2.37. The van der Waals surface area contributed by atoms with E-state index in [1.165, 1.54) is 6.92 Å². The predicted molar refractivity (Wildman–Crippen MR) is 94.3 cm³/mol. The topological polar surface area (TPSA) is 61.8 Å². The first-order chi connectivity index (χ1) is 11.6. The van der Waals surface area contributed by atoms with E-state index in [4.69, 9.17) is 4.74 Å². The normalized spacial score (nSPS) is 15.8. The molecule has 5 nitrogen and oxygen atoms in total. The molecule has 1 aliphatic heterocycles. The van der Waals surface area contributed by atoms with Crippen molar-refractivity contribution >= 4 is 17.3 Å². The third-order valence-electron chi connectivity index (χ3n) is 4.11. The van der Waals surface area contributed by atoms with Crippen LogP contribution in [-0.4, -0.2) is 37.3 Å². The summed E-state index contributed by atoms with van der Waals surface area (Å²) in [5.74, 6) is -0.130. The smallest absolute Gasteiger partial charge is 0.221 e. The number of carbonyl (C=O) groups excluding carboxylic acids is 1. The van der Waals surface area contributed by atoms with Gasteiger partial charge in [0, 0.05) is 37.0 Å². The summed E-state index contributed by atoms with van der Waals surface area (Å²) in [6.45, 7) is 4.40. The van der Waals surface area contributed by atoms with Crippen LogP contribution in [0, 0.1) is 0 Å². The molecule has 1 unspecified atom stereocenters. The first-order valence-electron chi connectivity index (χ1n) is 8.12. The lowest BCUT2D eigenvalue weighted by Gasteiger charge is -2.32. The number of carbonyl (C=O) groups is 1. The number of ether oxygens (including phenoxy) is 1. The van der Waals surface area contributed by atoms with Crippen LogP contribution in [0.15, 0.2) is 48.5 Å². The Morgan fingerprint density at radius 3 is 2.54 bits per heavy atom. The van der Waals surface area contributed by atoms with Gasteiger partial charge in [-0.2, -0.15) is 0 Å². The number of hydrogen-bond acceptors (Lipinski definition) is 4. The standard InChI is InChI=1S/C19H22N2O3/c1-14(22)20-16-7-8-18(21-9-11-24-12-10-21)17(13-16)19(23)15-5-3-2-4-6-15/h2-8,13,19,23H,9-12H2,1H3,(H,20,22). The maximum atomic E-state index is 11.4. The summed E-state index contributed by atoms with van der Waals surface area (Å²) in [6.07, 6.45) is -0.752. The fraction of sp³-hybridized carbons (Fsp3) is 0.316. The van der Waals surface area contributed by atoms with Crippen LogP contribution >= 0.6 is 0 Å². The monoisotopic (exact) mass is 326 g/mol. The number of nitrogens with zero attached hydrogens (tertiary/aromatic N) is 1. The molecule has 126 valence electrons. The fourth-order valence-corrected chi connectivity index (χ4v) is 2.96. The van der Waals surface area contributed by atoms with E-state index in [1.54, 1.807) is 0 Å². The highest BCUT2D eigenvalue weighted by molar-refractivity contribution is 5.89. The average molecular weight is 326 g/mol. The average Bonchev–Trinajstić information content (AvgIpc) is 2.62. The number of anilines is 2. The third-order valence-corrected chi connectivity index (χ3v) is 4.11. The highest BCUT2D eigenvalue weighted by Crippen LogP contribution is 2.33. The quantitative estimate of drug-likeness (QED) is 0.906. The van der Waals surface area contributed by atoms with Crippen LogP contribution in [0.3, 0.4) is 0 Å². The van der Waals surface area contributed by atoms with Crippen molar-refractivity contribution in [3.63, 3.8) is 0 Å². The first kappa shape index (κ1) is 16.5. The maximum absolute atomic E-state index is 11.4. The summed E-state index contributed by atoms with van der Waals surface area (Å²) in [4.78, 5) is 13.6. The van der Waals surface area contributed by atoms with Crippen LogP contribution in [0.25, 0.3) is 0 Å². The Morgan fingerprint density at radius 1 is 1.17 bits per heavy atom. The second kappa shape index (κ2) is 7.47. The van der Waals surface area contributed by atoms with Gasteiger partial charge in [0.15, 0.2) is 0 Å². The molecule has 1 atom stereocenters. The SMILES string of the molecule is CC(=O)Nc1ccc(N2CCOCC2)c(C(O)c2ccccc2)c1. The minimum atomic E-state index is -0.752. The first-order valence-corrected chi connectivity index (χ1v) is 8.12. The number of hydrogen-bond donors (Lipinski definition) is 2. The molecule has 1 amide bonds. The molecular weight excluding hydrogens is 304 g/mol. The molecule has 5 heteroatoms. The molecular formula is C19H22N2O3. The molecule has 1 fully saturated rings. The van der Waals surface area contributed by atoms with Crippen molar-refractivity contribution < 1.29 is 14.6 Å². The number of amides is 1. The lowest BCUT2D eigenvalue weighted by atomic mass is 9.98. The molecule has 0 aromatic heterocycles. The van der Waals surface area contributed by atoms with E-state index in [0.717, 1.165) is 29.9 Å². The summed E-state index contributed by atoms with van der Waals surface area (Å²) in [6, 6.07) is 15.2. The number of aliphatic hydroxyl groups excluding tert-OH is 1. The lowest BCUT2D eigenvalue weighted by Crippen LogP contribution is -2.37. The molecule has 2 aromatic carbocycles. The van der Waals surface area contributed by atoms with Crippen LogP contribution in [0.2, 0.25) is 0 Å². The molecule has 0 aliphatic carbocycles. The minimum Gasteiger partial charge on any atom is -0.384 e. The zero-order valence-electron chi connectivity index (χ0n) is 13.7. The molecule has 1 aliphatic rings. The molecule has 0 saturated carbocycles. The molecule has 0 radical (unpaired) electrons. The van der Waals surface area contributed by atoms with E-state index >= 15 is 0 Å². The van der Waals surface area contributed by atoms with Gasteiger partial charge in [0.05, 0.1) is 13.2 Å². The van der Waals surface area contributed by atoms with Crippen molar-refractivity contribution in [1.82, 2.24) is 0 Å². The summed E-state index contributed by atoms with van der Waals surface area (Å²) in [5, 5.41) is 13.7. The van der Waals surface area contributed by atoms with Gasteiger partial charge < -0.3 is 20.1 Å². The van der Waals surface area contributed by atoms with Crippen LogP contribution < -0.4 is 10.2 Å². The fourth-order valence-electron chi connectivity index (χ4n) is 2.96. The van der Waals surface area contributed by atoms with Crippen molar-refractivity contribution in [2.75, 3.05) is 36.5 Å². The van der Waals surface area contributed by atoms with Crippen molar-refractivity contribution in [1.29, 1.82) is 0 Å². The Bertz CT molecular complexity index is 697. The maximum Gasteiger partial charge on any atom is 0.221 e. The number of rotatable bonds is 4. The van der Waals surface area contributed by atoms with Crippen molar-refractivity contribution in [3.05, 3.63) is 59.7 Å². The van der Waals surface area contributed by atoms with Crippen LogP contribution in [0.4, 0.5) is 11.4 Å². The minimum absolute atomic E-state index is 0.130. The van der Waals surface area contributed by atoms with Crippen LogP contribution in [0.5, 0.6) is 0 Å². The summed E-state index contributed by atoms with van der Waals surface area (Å²) in [7, 11) is 0. The van der Waals surface area contributed by atoms with Crippen LogP contribution in [-0.2, 0) is 9.53 Å². The third kappa shape index (κ3) is 3.75. The van der Waals surface area contributed by atoms with Crippen molar-refractivity contribution in [3.8, 4) is 0 Å². The molecule has 2 aromatic rings. The zero-order valence-corrected chi connectivity index (χ0v) is 13.7. The molecule has 3 rings (SSSR count). The van der Waals surface area contributed by atoms with Gasteiger partial charge in [0.2, 0.25) is 5.91 Å². The molecule has 24 heavy (non-hydrogen) atoms. The van der Waals surface area contributed by atoms with Gasteiger partial charge in [0.1, 0.15) is 6.10 Å². The Kier molecular flexibility index (Phi) is 5.13. The highest BCUT2D eigenvalue weighted by atomic mass is 16.5. The Morgan fingerprint density at radius 2 is 1.88 bits per heavy atom. The van der Waals surface area contributed by atoms with Gasteiger partial charge in [-0.15, -0.1) is 0 Å². The summed E-state index contributed by atoms with van der Waals surface area (Å²) >= 11 is 0. The second-order valence-corrected chi connectivity index (χ2v) is 5.87. The van der Waals surface area contributed by atoms with E-state index in [9.17, 15) is 9.90 Å². The zero-order chi connectivity index (χ0) is 16.9. The van der Waals surface area contributed by atoms with E-state index in [1.807, 2.05) is 48.5 Å². The Labute approximate surface area is 141 Å². The van der Waals surface area contributed by atoms with E-state index < -0.39 is 6.10 Å². The van der Waals surface area contributed by atoms with E-state index in [0.29, 0.717) is 18.9 Å². The van der Waals surface area contributed by atoms with Gasteiger partial charge in [-0.3, -0.25) is 4.79 Å². The van der Waals surface area contributed by atoms with Crippen molar-refractivity contribution in [2.45, 2.75) is 13.0 Å². The largest absolute Gasteiger partial charge is 0.384 e. The van der Waals surface area contributed by atoms with Gasteiger partial charge in [-0.25, -0.2) is 0 Å². The van der Waals surface area contributed by atoms with Gasteiger partial charge in [0.25, 0.3) is 0 Å². The molecule has 0 bridgehead atoms. The Balaban J connectivity index is 1.99. The molecule has 1 heterocycles. The molecule has 2 N–H and O–H groups in total. The number of aliphatic hydroxyl groups is 1. The highest BCUT2D eigenvalue weighted by Gasteiger charge is 2.21. The summed E-state index contributed by atoms with van der Waals surface area (Å²) in [5.41, 5.74) is 3.27. The van der Waals surface area contributed by atoms with Gasteiger partial charge in [-0.1, -0.05) is 30.3 Å². The predicted octanol–water partition coefficient (Wildman–Crippen LogP) is 2.56. The number of benzene rings is 2. The van der Waals surface area contributed by atoms with E-state index in [-0.39, 0.29) is 5.91 Å². The van der Waals surface area contributed by atoms with Crippen molar-refractivity contribution in [2.24, 2.45) is 0 Å². The molecule has 0 spiro atoms. The molecule has 1 saturated heterocycles. The second-order valence-electron chi connectivity index (χ2n) is 5.87. The summed E-state index contributed by atoms with van der Waals surface area (Å²) < 4.78 is 5.42. The van der Waals surface area contributed by atoms with Crippen LogP contribution in [0.1, 0.15) is 24.2 Å². The number of nitrogens with one attached hydrogen (secondary N) is 1.